The van der Waals surface area contributed by atoms with E-state index in [2.05, 4.69) is 22.4 Å². The zero-order chi connectivity index (χ0) is 15.5. The number of aryl methyl sites for hydroxylation is 2. The van der Waals surface area contributed by atoms with E-state index < -0.39 is 12.0 Å². The summed E-state index contributed by atoms with van der Waals surface area (Å²) in [7, 11) is 0. The summed E-state index contributed by atoms with van der Waals surface area (Å²) in [4.78, 5) is 15.3. The summed E-state index contributed by atoms with van der Waals surface area (Å²) >= 11 is 0. The number of carbonyl (C=O) groups excluding carboxylic acids is 1. The Morgan fingerprint density at radius 2 is 2.09 bits per heavy atom. The van der Waals surface area contributed by atoms with Gasteiger partial charge < -0.3 is 21.5 Å². The van der Waals surface area contributed by atoms with Crippen LogP contribution in [0.15, 0.2) is 23.2 Å². The molecule has 6 heteroatoms. The third-order valence-corrected chi connectivity index (χ3v) is 4.26. The minimum absolute atomic E-state index is 0.0853. The molecular formula is C16H22N4O2. The fourth-order valence-electron chi connectivity index (χ4n) is 3.09. The highest BCUT2D eigenvalue weighted by molar-refractivity contribution is 5.92. The molecule has 1 aromatic carbocycles. The summed E-state index contributed by atoms with van der Waals surface area (Å²) in [5, 5.41) is 3.11. The topological polar surface area (TPSA) is 103 Å². The van der Waals surface area contributed by atoms with Crippen molar-refractivity contribution in [1.29, 1.82) is 0 Å². The number of benzene rings is 1. The zero-order valence-corrected chi connectivity index (χ0v) is 12.5. The normalized spacial score (nSPS) is 24.3. The summed E-state index contributed by atoms with van der Waals surface area (Å²) in [6.07, 6.45) is 4.40. The van der Waals surface area contributed by atoms with E-state index in [4.69, 9.17) is 16.2 Å². The number of carbonyl (C=O) groups is 1. The fourth-order valence-corrected chi connectivity index (χ4v) is 3.09. The number of guanidine groups is 1. The molecule has 2 atom stereocenters. The van der Waals surface area contributed by atoms with Gasteiger partial charge in [-0.3, -0.25) is 9.79 Å². The molecule has 2 aliphatic rings. The molecule has 0 saturated carbocycles. The van der Waals surface area contributed by atoms with Gasteiger partial charge in [0.15, 0.2) is 5.96 Å². The minimum Gasteiger partial charge on any atom is -0.370 e. The molecule has 1 heterocycles. The van der Waals surface area contributed by atoms with Gasteiger partial charge in [-0.2, -0.15) is 0 Å². The smallest absolute Gasteiger partial charge is 0.246 e. The van der Waals surface area contributed by atoms with Crippen molar-refractivity contribution in [1.82, 2.24) is 0 Å². The van der Waals surface area contributed by atoms with Crippen LogP contribution in [0, 0.1) is 0 Å². The number of nitrogens with one attached hydrogen (secondary N) is 1. The van der Waals surface area contributed by atoms with E-state index in [1.807, 2.05) is 6.07 Å². The molecule has 1 saturated heterocycles. The lowest BCUT2D eigenvalue weighted by molar-refractivity contribution is -0.128. The summed E-state index contributed by atoms with van der Waals surface area (Å²) in [5.41, 5.74) is 14.9. The van der Waals surface area contributed by atoms with Crippen molar-refractivity contribution in [3.8, 4) is 0 Å². The number of fused-ring (bicyclic) bond motifs is 1. The van der Waals surface area contributed by atoms with Gasteiger partial charge in [-0.15, -0.1) is 0 Å². The Morgan fingerprint density at radius 3 is 2.86 bits per heavy atom. The molecule has 1 fully saturated rings. The SMILES string of the molecule is NC(=O)C1CCC(CN=C(N)Nc2ccc3c(c2)CCC3)O1. The lowest BCUT2D eigenvalue weighted by Crippen LogP contribution is -2.29. The Morgan fingerprint density at radius 1 is 1.27 bits per heavy atom. The molecule has 0 spiro atoms. The maximum absolute atomic E-state index is 11.0. The number of aliphatic imine (C=N–C) groups is 1. The lowest BCUT2D eigenvalue weighted by Gasteiger charge is -2.11. The molecule has 0 aromatic heterocycles. The predicted octanol–water partition coefficient (Wildman–Crippen LogP) is 0.935. The van der Waals surface area contributed by atoms with Crippen molar-refractivity contribution in [2.45, 2.75) is 44.3 Å². The van der Waals surface area contributed by atoms with Gasteiger partial charge in [-0.1, -0.05) is 6.07 Å². The van der Waals surface area contributed by atoms with Crippen molar-refractivity contribution in [3.63, 3.8) is 0 Å². The minimum atomic E-state index is -0.480. The molecule has 3 rings (SSSR count). The van der Waals surface area contributed by atoms with Gasteiger partial charge in [-0.05, 0) is 55.4 Å². The van der Waals surface area contributed by atoms with Crippen molar-refractivity contribution in [2.24, 2.45) is 16.5 Å². The first-order valence-corrected chi connectivity index (χ1v) is 7.75. The van der Waals surface area contributed by atoms with E-state index in [-0.39, 0.29) is 6.10 Å². The number of anilines is 1. The van der Waals surface area contributed by atoms with Gasteiger partial charge in [0.05, 0.1) is 12.6 Å². The van der Waals surface area contributed by atoms with E-state index in [1.165, 1.54) is 24.0 Å². The third kappa shape index (κ3) is 3.39. The first-order valence-electron chi connectivity index (χ1n) is 7.75. The Balaban J connectivity index is 1.53. The fraction of sp³-hybridized carbons (Fsp3) is 0.500. The number of hydrogen-bond donors (Lipinski definition) is 3. The maximum atomic E-state index is 11.0. The number of hydrogen-bond acceptors (Lipinski definition) is 3. The third-order valence-electron chi connectivity index (χ3n) is 4.26. The molecule has 2 unspecified atom stereocenters. The molecule has 1 aliphatic heterocycles. The number of primary amides is 1. The Labute approximate surface area is 129 Å². The average Bonchev–Trinajstić information content (AvgIpc) is 3.13. The molecule has 1 aromatic rings. The van der Waals surface area contributed by atoms with Gasteiger partial charge in [0.25, 0.3) is 0 Å². The van der Waals surface area contributed by atoms with Gasteiger partial charge >= 0.3 is 0 Å². The number of nitrogens with two attached hydrogens (primary N) is 2. The molecule has 5 N–H and O–H groups in total. The molecule has 0 bridgehead atoms. The van der Waals surface area contributed by atoms with Crippen molar-refractivity contribution in [3.05, 3.63) is 29.3 Å². The van der Waals surface area contributed by atoms with E-state index >= 15 is 0 Å². The number of ether oxygens (including phenoxy) is 1. The van der Waals surface area contributed by atoms with E-state index in [0.717, 1.165) is 18.5 Å². The molecule has 118 valence electrons. The van der Waals surface area contributed by atoms with Crippen LogP contribution in [-0.4, -0.2) is 30.6 Å². The van der Waals surface area contributed by atoms with Crippen LogP contribution in [0.4, 0.5) is 5.69 Å². The van der Waals surface area contributed by atoms with Crippen LogP contribution in [0.5, 0.6) is 0 Å². The summed E-state index contributed by atoms with van der Waals surface area (Å²) in [6.45, 7) is 0.438. The summed E-state index contributed by atoms with van der Waals surface area (Å²) in [6, 6.07) is 6.32. The summed E-state index contributed by atoms with van der Waals surface area (Å²) in [5.74, 6) is -0.0419. The lowest BCUT2D eigenvalue weighted by atomic mass is 10.1. The van der Waals surface area contributed by atoms with Crippen LogP contribution < -0.4 is 16.8 Å². The van der Waals surface area contributed by atoms with Gasteiger partial charge in [-0.25, -0.2) is 0 Å². The number of amides is 1. The quantitative estimate of drug-likeness (QED) is 0.569. The van der Waals surface area contributed by atoms with Crippen LogP contribution in [0.25, 0.3) is 0 Å². The summed E-state index contributed by atoms with van der Waals surface area (Å²) < 4.78 is 5.52. The van der Waals surface area contributed by atoms with Crippen molar-refractivity contribution in [2.75, 3.05) is 11.9 Å². The Kier molecular flexibility index (Phi) is 4.29. The molecule has 0 radical (unpaired) electrons. The van der Waals surface area contributed by atoms with Gasteiger partial charge in [0, 0.05) is 5.69 Å². The largest absolute Gasteiger partial charge is 0.370 e. The standard InChI is InChI=1S/C16H22N4O2/c17-15(21)14-7-6-13(22-14)9-19-16(18)20-12-5-4-10-2-1-3-11(10)8-12/h4-5,8,13-14H,1-3,6-7,9H2,(H2,17,21)(H3,18,19,20). The highest BCUT2D eigenvalue weighted by Crippen LogP contribution is 2.25. The second-order valence-corrected chi connectivity index (χ2v) is 5.91. The van der Waals surface area contributed by atoms with Crippen molar-refractivity contribution >= 4 is 17.6 Å². The first-order chi connectivity index (χ1) is 10.6. The highest BCUT2D eigenvalue weighted by Gasteiger charge is 2.28. The number of rotatable bonds is 4. The molecular weight excluding hydrogens is 280 g/mol. The Bertz CT molecular complexity index is 600. The highest BCUT2D eigenvalue weighted by atomic mass is 16.5. The van der Waals surface area contributed by atoms with Gasteiger partial charge in [0.1, 0.15) is 6.10 Å². The van der Waals surface area contributed by atoms with Crippen LogP contribution >= 0.6 is 0 Å². The van der Waals surface area contributed by atoms with E-state index in [1.54, 1.807) is 0 Å². The molecule has 6 nitrogen and oxygen atoms in total. The van der Waals surface area contributed by atoms with Crippen LogP contribution in [0.2, 0.25) is 0 Å². The second-order valence-electron chi connectivity index (χ2n) is 5.91. The van der Waals surface area contributed by atoms with E-state index in [9.17, 15) is 4.79 Å². The van der Waals surface area contributed by atoms with Crippen LogP contribution in [0.3, 0.4) is 0 Å². The monoisotopic (exact) mass is 302 g/mol. The molecule has 1 aliphatic carbocycles. The average molecular weight is 302 g/mol. The first kappa shape index (κ1) is 14.8. The Hall–Kier alpha value is -2.08. The molecule has 1 amide bonds. The van der Waals surface area contributed by atoms with Crippen LogP contribution in [-0.2, 0) is 22.4 Å². The second kappa shape index (κ2) is 6.36. The predicted molar refractivity (Wildman–Crippen MR) is 85.7 cm³/mol. The van der Waals surface area contributed by atoms with Gasteiger partial charge in [0.2, 0.25) is 5.91 Å². The maximum Gasteiger partial charge on any atom is 0.246 e. The zero-order valence-electron chi connectivity index (χ0n) is 12.5. The van der Waals surface area contributed by atoms with E-state index in [0.29, 0.717) is 18.9 Å². The van der Waals surface area contributed by atoms with Crippen molar-refractivity contribution < 1.29 is 9.53 Å². The van der Waals surface area contributed by atoms with Crippen LogP contribution in [0.1, 0.15) is 30.4 Å². The molecule has 22 heavy (non-hydrogen) atoms. The number of nitrogens with zero attached hydrogens (tertiary/aromatic N) is 1.